The SMILES string of the molecule is O=C(Nc1ccc2oc(-c3cccnc3)nc2c1)c1sc2ccccc2c1Cl. The molecule has 0 aliphatic rings. The van der Waals surface area contributed by atoms with Gasteiger partial charge in [0.15, 0.2) is 5.58 Å². The number of benzene rings is 2. The number of fused-ring (bicyclic) bond motifs is 2. The summed E-state index contributed by atoms with van der Waals surface area (Å²) in [6.45, 7) is 0. The Balaban J connectivity index is 1.46. The normalized spacial score (nSPS) is 11.2. The van der Waals surface area contributed by atoms with E-state index in [4.69, 9.17) is 16.0 Å². The van der Waals surface area contributed by atoms with Gasteiger partial charge in [-0.1, -0.05) is 29.8 Å². The second kappa shape index (κ2) is 6.74. The van der Waals surface area contributed by atoms with E-state index in [2.05, 4.69) is 15.3 Å². The zero-order valence-corrected chi connectivity index (χ0v) is 15.9. The molecule has 0 aliphatic heterocycles. The third-order valence-corrected chi connectivity index (χ3v) is 5.97. The molecule has 0 aliphatic carbocycles. The summed E-state index contributed by atoms with van der Waals surface area (Å²) in [5.74, 6) is 0.237. The number of thiophene rings is 1. The van der Waals surface area contributed by atoms with Crippen LogP contribution in [0.1, 0.15) is 9.67 Å². The number of carbonyl (C=O) groups is 1. The zero-order valence-electron chi connectivity index (χ0n) is 14.3. The molecule has 0 spiro atoms. The largest absolute Gasteiger partial charge is 0.436 e. The van der Waals surface area contributed by atoms with Gasteiger partial charge in [0.25, 0.3) is 5.91 Å². The molecule has 3 aromatic heterocycles. The molecule has 3 heterocycles. The lowest BCUT2D eigenvalue weighted by Gasteiger charge is -2.03. The number of pyridine rings is 1. The number of aromatic nitrogens is 2. The van der Waals surface area contributed by atoms with Gasteiger partial charge in [0.05, 0.1) is 10.6 Å². The predicted molar refractivity (Wildman–Crippen MR) is 112 cm³/mol. The molecule has 5 aromatic rings. The van der Waals surface area contributed by atoms with Crippen LogP contribution in [-0.4, -0.2) is 15.9 Å². The first-order chi connectivity index (χ1) is 13.7. The minimum atomic E-state index is -0.249. The number of hydrogen-bond acceptors (Lipinski definition) is 5. The number of rotatable bonds is 3. The molecule has 5 nitrogen and oxygen atoms in total. The van der Waals surface area contributed by atoms with Crippen LogP contribution in [0.5, 0.6) is 0 Å². The monoisotopic (exact) mass is 405 g/mol. The summed E-state index contributed by atoms with van der Waals surface area (Å²) in [5, 5.41) is 4.25. The second-order valence-electron chi connectivity index (χ2n) is 6.14. The predicted octanol–water partition coefficient (Wildman–Crippen LogP) is 6.01. The fraction of sp³-hybridized carbons (Fsp3) is 0. The van der Waals surface area contributed by atoms with E-state index in [0.29, 0.717) is 32.6 Å². The van der Waals surface area contributed by atoms with Crippen LogP contribution >= 0.6 is 22.9 Å². The highest BCUT2D eigenvalue weighted by Gasteiger charge is 2.17. The van der Waals surface area contributed by atoms with Crippen LogP contribution in [-0.2, 0) is 0 Å². The Morgan fingerprint density at radius 3 is 2.82 bits per heavy atom. The molecule has 2 aromatic carbocycles. The van der Waals surface area contributed by atoms with Crippen LogP contribution in [0, 0.1) is 0 Å². The van der Waals surface area contributed by atoms with Crippen LogP contribution in [0.4, 0.5) is 5.69 Å². The molecule has 7 heteroatoms. The summed E-state index contributed by atoms with van der Waals surface area (Å²) < 4.78 is 6.75. The Bertz CT molecular complexity index is 1330. The van der Waals surface area contributed by atoms with Crippen LogP contribution in [0.15, 0.2) is 71.4 Å². The number of hydrogen-bond donors (Lipinski definition) is 1. The van der Waals surface area contributed by atoms with Gasteiger partial charge in [0.2, 0.25) is 5.89 Å². The summed E-state index contributed by atoms with van der Waals surface area (Å²) in [7, 11) is 0. The first kappa shape index (κ1) is 16.9. The van der Waals surface area contributed by atoms with Crippen molar-refractivity contribution in [2.75, 3.05) is 5.32 Å². The average molecular weight is 406 g/mol. The second-order valence-corrected chi connectivity index (χ2v) is 7.57. The van der Waals surface area contributed by atoms with E-state index < -0.39 is 0 Å². The van der Waals surface area contributed by atoms with Crippen LogP contribution < -0.4 is 5.32 Å². The lowest BCUT2D eigenvalue weighted by molar-refractivity contribution is 0.103. The summed E-state index contributed by atoms with van der Waals surface area (Å²) in [6, 6.07) is 16.7. The first-order valence-electron chi connectivity index (χ1n) is 8.48. The number of nitrogens with zero attached hydrogens (tertiary/aromatic N) is 2. The zero-order chi connectivity index (χ0) is 19.1. The molecule has 0 unspecified atom stereocenters. The quantitative estimate of drug-likeness (QED) is 0.399. The van der Waals surface area contributed by atoms with Crippen molar-refractivity contribution in [2.45, 2.75) is 0 Å². The van der Waals surface area contributed by atoms with Crippen LogP contribution in [0.2, 0.25) is 5.02 Å². The fourth-order valence-corrected chi connectivity index (χ4v) is 4.38. The maximum absolute atomic E-state index is 12.7. The molecular formula is C21H12ClN3O2S. The van der Waals surface area contributed by atoms with E-state index in [9.17, 15) is 4.79 Å². The Morgan fingerprint density at radius 1 is 1.11 bits per heavy atom. The Hall–Kier alpha value is -3.22. The molecule has 0 saturated carbocycles. The Kier molecular flexibility index (Phi) is 4.07. The molecule has 0 fully saturated rings. The van der Waals surface area contributed by atoms with Gasteiger partial charge in [-0.05, 0) is 36.4 Å². The van der Waals surface area contributed by atoms with Gasteiger partial charge in [0, 0.05) is 28.2 Å². The number of halogens is 1. The first-order valence-corrected chi connectivity index (χ1v) is 9.68. The van der Waals surface area contributed by atoms with E-state index in [1.54, 1.807) is 30.6 Å². The molecule has 0 saturated heterocycles. The molecule has 0 radical (unpaired) electrons. The molecular weight excluding hydrogens is 394 g/mol. The van der Waals surface area contributed by atoms with Gasteiger partial charge in [0.1, 0.15) is 10.4 Å². The maximum Gasteiger partial charge on any atom is 0.267 e. The average Bonchev–Trinajstić information content (AvgIpc) is 3.30. The third kappa shape index (κ3) is 2.93. The smallest absolute Gasteiger partial charge is 0.267 e. The van der Waals surface area contributed by atoms with E-state index >= 15 is 0 Å². The van der Waals surface area contributed by atoms with E-state index in [0.717, 1.165) is 15.6 Å². The highest BCUT2D eigenvalue weighted by atomic mass is 35.5. The molecule has 0 bridgehead atoms. The van der Waals surface area contributed by atoms with Crippen molar-refractivity contribution >= 4 is 55.7 Å². The van der Waals surface area contributed by atoms with Crippen molar-refractivity contribution in [3.63, 3.8) is 0 Å². The maximum atomic E-state index is 12.7. The summed E-state index contributed by atoms with van der Waals surface area (Å²) in [5.41, 5.74) is 2.70. The molecule has 136 valence electrons. The number of carbonyl (C=O) groups excluding carboxylic acids is 1. The highest BCUT2D eigenvalue weighted by molar-refractivity contribution is 7.21. The van der Waals surface area contributed by atoms with E-state index in [1.165, 1.54) is 11.3 Å². The standard InChI is InChI=1S/C21H12ClN3O2S/c22-18-14-5-1-2-6-17(14)28-19(18)20(26)24-13-7-8-16-15(10-13)25-21(27-16)12-4-3-9-23-11-12/h1-11H,(H,24,26). The molecule has 5 rings (SSSR count). The van der Waals surface area contributed by atoms with Gasteiger partial charge < -0.3 is 9.73 Å². The topological polar surface area (TPSA) is 68.0 Å². The summed E-state index contributed by atoms with van der Waals surface area (Å²) >= 11 is 7.77. The summed E-state index contributed by atoms with van der Waals surface area (Å²) in [6.07, 6.45) is 3.38. The molecule has 0 atom stereocenters. The van der Waals surface area contributed by atoms with Gasteiger partial charge >= 0.3 is 0 Å². The van der Waals surface area contributed by atoms with E-state index in [1.807, 2.05) is 36.4 Å². The highest BCUT2D eigenvalue weighted by Crippen LogP contribution is 2.35. The number of oxazole rings is 1. The van der Waals surface area contributed by atoms with Gasteiger partial charge in [-0.25, -0.2) is 4.98 Å². The van der Waals surface area contributed by atoms with Crippen molar-refractivity contribution < 1.29 is 9.21 Å². The molecule has 1 N–H and O–H groups in total. The third-order valence-electron chi connectivity index (χ3n) is 4.30. The number of amides is 1. The van der Waals surface area contributed by atoms with Gasteiger partial charge in [-0.3, -0.25) is 9.78 Å². The minimum absolute atomic E-state index is 0.249. The van der Waals surface area contributed by atoms with Crippen LogP contribution in [0.3, 0.4) is 0 Å². The van der Waals surface area contributed by atoms with Crippen LogP contribution in [0.25, 0.3) is 32.6 Å². The van der Waals surface area contributed by atoms with Crippen molar-refractivity contribution in [2.24, 2.45) is 0 Å². The molecule has 1 amide bonds. The lowest BCUT2D eigenvalue weighted by atomic mass is 10.2. The number of anilines is 1. The van der Waals surface area contributed by atoms with Crippen molar-refractivity contribution in [3.8, 4) is 11.5 Å². The van der Waals surface area contributed by atoms with Crippen molar-refractivity contribution in [1.82, 2.24) is 9.97 Å². The van der Waals surface area contributed by atoms with Gasteiger partial charge in [-0.15, -0.1) is 11.3 Å². The Morgan fingerprint density at radius 2 is 2.00 bits per heavy atom. The lowest BCUT2D eigenvalue weighted by Crippen LogP contribution is -2.10. The van der Waals surface area contributed by atoms with Crippen molar-refractivity contribution in [3.05, 3.63) is 76.9 Å². The van der Waals surface area contributed by atoms with Crippen molar-refractivity contribution in [1.29, 1.82) is 0 Å². The number of nitrogens with one attached hydrogen (secondary N) is 1. The fourth-order valence-electron chi connectivity index (χ4n) is 2.97. The van der Waals surface area contributed by atoms with E-state index in [-0.39, 0.29) is 5.91 Å². The molecule has 28 heavy (non-hydrogen) atoms. The van der Waals surface area contributed by atoms with Gasteiger partial charge in [-0.2, -0.15) is 0 Å². The summed E-state index contributed by atoms with van der Waals surface area (Å²) in [4.78, 5) is 21.8. The minimum Gasteiger partial charge on any atom is -0.436 e. The Labute approximate surface area is 168 Å².